The fourth-order valence-corrected chi connectivity index (χ4v) is 7.94. The molecule has 0 aromatic heterocycles. The minimum atomic E-state index is -0.957. The Morgan fingerprint density at radius 3 is 2.67 bits per heavy atom. The summed E-state index contributed by atoms with van der Waals surface area (Å²) in [6.07, 6.45) is 10.1. The number of aliphatic hydroxyl groups is 1. The van der Waals surface area contributed by atoms with Crippen molar-refractivity contribution in [2.75, 3.05) is 7.11 Å². The highest BCUT2D eigenvalue weighted by Crippen LogP contribution is 2.61. The number of methoxy groups -OCH3 is 1. The topological polar surface area (TPSA) is 118 Å². The first kappa shape index (κ1) is 31.7. The molecular formula is C34H46O9. The molecule has 1 saturated heterocycles. The zero-order valence-corrected chi connectivity index (χ0v) is 26.1. The van der Waals surface area contributed by atoms with E-state index in [0.717, 1.165) is 18.4 Å². The molecule has 3 aliphatic carbocycles. The lowest BCUT2D eigenvalue weighted by molar-refractivity contribution is -0.179. The maximum absolute atomic E-state index is 13.5. The highest BCUT2D eigenvalue weighted by Gasteiger charge is 2.69. The second kappa shape index (κ2) is 12.7. The van der Waals surface area contributed by atoms with E-state index in [2.05, 4.69) is 12.2 Å². The van der Waals surface area contributed by atoms with E-state index in [1.807, 2.05) is 45.9 Å². The van der Waals surface area contributed by atoms with Crippen LogP contribution in [0.15, 0.2) is 47.6 Å². The van der Waals surface area contributed by atoms with Crippen LogP contribution in [0.4, 0.5) is 0 Å². The second-order valence-electron chi connectivity index (χ2n) is 12.9. The summed E-state index contributed by atoms with van der Waals surface area (Å²) in [4.78, 5) is 39.0. The van der Waals surface area contributed by atoms with Crippen LogP contribution >= 0.6 is 0 Å². The summed E-state index contributed by atoms with van der Waals surface area (Å²) in [6, 6.07) is 0. The fraction of sp³-hybridized carbons (Fsp3) is 0.676. The number of cyclic esters (lactones) is 1. The fourth-order valence-electron chi connectivity index (χ4n) is 7.94. The van der Waals surface area contributed by atoms with E-state index in [-0.39, 0.29) is 42.0 Å². The first-order valence-corrected chi connectivity index (χ1v) is 15.8. The number of carbonyl (C=O) groups excluding carboxylic acids is 3. The van der Waals surface area contributed by atoms with Gasteiger partial charge in [0, 0.05) is 48.7 Å². The summed E-state index contributed by atoms with van der Waals surface area (Å²) in [7, 11) is 1.47. The van der Waals surface area contributed by atoms with E-state index in [4.69, 9.17) is 23.7 Å². The van der Waals surface area contributed by atoms with Crippen molar-refractivity contribution in [3.8, 4) is 0 Å². The van der Waals surface area contributed by atoms with Gasteiger partial charge in [-0.15, -0.1) is 0 Å². The normalized spacial score (nSPS) is 41.8. The number of rotatable bonds is 8. The van der Waals surface area contributed by atoms with E-state index in [9.17, 15) is 19.5 Å². The SMILES string of the molecule is CCCCC(=O)O[C@H](C)[C@H]1OC(=O)[C@@H](OC)CC2C=C[C@H]3[C@H]4O[C@]2(/C(C)=C/[C@H]1C)[C@@H]3[C@H](O)[C@@H](C)[C@H]4OC(=O)C1=CC=CC1. The standard InChI is InChI=1S/C34H46O9/c1-7-8-13-26(35)40-21(5)29-18(2)16-19(3)34-23(17-25(39-6)33(38)41-29)14-15-24-27(34)28(36)20(4)30(31(24)43-34)42-32(37)22-11-9-10-12-22/h9-11,14-16,18,20-21,23-25,27-31,36H,7-8,12-13,17H2,1-6H3/b19-16+/t18-,20-,21-,23?,24-,25+,27+,28-,29+,30-,31-,34+/m1/s1. The van der Waals surface area contributed by atoms with E-state index in [1.165, 1.54) is 7.11 Å². The van der Waals surface area contributed by atoms with Crippen LogP contribution < -0.4 is 0 Å². The molecule has 1 unspecified atom stereocenters. The van der Waals surface area contributed by atoms with Crippen molar-refractivity contribution in [3.05, 3.63) is 47.6 Å². The van der Waals surface area contributed by atoms with Crippen molar-refractivity contribution < 1.29 is 43.2 Å². The Kier molecular flexibility index (Phi) is 9.35. The van der Waals surface area contributed by atoms with Gasteiger partial charge < -0.3 is 28.8 Å². The molecule has 12 atom stereocenters. The summed E-state index contributed by atoms with van der Waals surface area (Å²) in [5.74, 6) is -2.77. The minimum absolute atomic E-state index is 0.181. The van der Waals surface area contributed by atoms with Crippen molar-refractivity contribution in [1.29, 1.82) is 0 Å². The Balaban J connectivity index is 1.50. The monoisotopic (exact) mass is 598 g/mol. The van der Waals surface area contributed by atoms with E-state index >= 15 is 0 Å². The largest absolute Gasteiger partial charge is 0.459 e. The van der Waals surface area contributed by atoms with Gasteiger partial charge in [-0.3, -0.25) is 4.79 Å². The average molecular weight is 599 g/mol. The van der Waals surface area contributed by atoms with Crippen LogP contribution in [0.2, 0.25) is 0 Å². The zero-order valence-electron chi connectivity index (χ0n) is 26.1. The van der Waals surface area contributed by atoms with Gasteiger partial charge >= 0.3 is 17.9 Å². The predicted octanol–water partition coefficient (Wildman–Crippen LogP) is 4.39. The first-order chi connectivity index (χ1) is 20.5. The van der Waals surface area contributed by atoms with E-state index < -0.39 is 54.2 Å². The Labute approximate surface area is 254 Å². The zero-order chi connectivity index (χ0) is 31.1. The molecule has 2 aliphatic heterocycles. The van der Waals surface area contributed by atoms with Crippen LogP contribution in [0.25, 0.3) is 0 Å². The van der Waals surface area contributed by atoms with Crippen LogP contribution in [0.1, 0.15) is 66.7 Å². The summed E-state index contributed by atoms with van der Waals surface area (Å²) in [5, 5.41) is 11.9. The Morgan fingerprint density at radius 2 is 2.00 bits per heavy atom. The number of hydrogen-bond acceptors (Lipinski definition) is 9. The maximum atomic E-state index is 13.5. The molecule has 0 aromatic carbocycles. The summed E-state index contributed by atoms with van der Waals surface area (Å²) >= 11 is 0. The highest BCUT2D eigenvalue weighted by molar-refractivity contribution is 5.90. The molecule has 2 fully saturated rings. The lowest BCUT2D eigenvalue weighted by Gasteiger charge is -2.49. The Hall–Kier alpha value is -2.75. The molecule has 5 aliphatic rings. The van der Waals surface area contributed by atoms with Gasteiger partial charge in [0.15, 0.2) is 6.10 Å². The number of hydrogen-bond donors (Lipinski definition) is 1. The second-order valence-corrected chi connectivity index (χ2v) is 12.9. The highest BCUT2D eigenvalue weighted by atomic mass is 16.6. The molecule has 9 heteroatoms. The molecule has 2 heterocycles. The molecule has 0 amide bonds. The van der Waals surface area contributed by atoms with Gasteiger partial charge in [-0.05, 0) is 38.7 Å². The number of aliphatic hydroxyl groups excluding tert-OH is 1. The minimum Gasteiger partial charge on any atom is -0.459 e. The number of carbonyl (C=O) groups is 3. The third-order valence-corrected chi connectivity index (χ3v) is 10.2. The van der Waals surface area contributed by atoms with Gasteiger partial charge in [0.05, 0.1) is 6.10 Å². The van der Waals surface area contributed by atoms with Crippen LogP contribution in [-0.4, -0.2) is 72.3 Å². The molecule has 1 spiro atoms. The van der Waals surface area contributed by atoms with Gasteiger partial charge in [-0.25, -0.2) is 9.59 Å². The maximum Gasteiger partial charge on any atom is 0.335 e. The van der Waals surface area contributed by atoms with Crippen LogP contribution in [0.5, 0.6) is 0 Å². The Bertz CT molecular complexity index is 1220. The molecule has 9 nitrogen and oxygen atoms in total. The molecule has 1 saturated carbocycles. The quantitative estimate of drug-likeness (QED) is 0.247. The molecular weight excluding hydrogens is 552 g/mol. The number of unbranched alkanes of at least 4 members (excludes halogenated alkanes) is 1. The van der Waals surface area contributed by atoms with Crippen molar-refractivity contribution in [1.82, 2.24) is 0 Å². The van der Waals surface area contributed by atoms with Crippen molar-refractivity contribution in [3.63, 3.8) is 0 Å². The molecule has 4 bridgehead atoms. The smallest absolute Gasteiger partial charge is 0.335 e. The number of ether oxygens (including phenoxy) is 5. The first-order valence-electron chi connectivity index (χ1n) is 15.8. The lowest BCUT2D eigenvalue weighted by atomic mass is 9.57. The van der Waals surface area contributed by atoms with Gasteiger partial charge in [-0.2, -0.15) is 0 Å². The number of esters is 3. The van der Waals surface area contributed by atoms with E-state index in [0.29, 0.717) is 18.4 Å². The van der Waals surface area contributed by atoms with Gasteiger partial charge in [0.1, 0.15) is 30.0 Å². The molecule has 0 aromatic rings. The molecule has 1 N–H and O–H groups in total. The summed E-state index contributed by atoms with van der Waals surface area (Å²) in [5.41, 5.74) is 0.522. The molecule has 0 radical (unpaired) electrons. The van der Waals surface area contributed by atoms with Crippen LogP contribution in [-0.2, 0) is 38.1 Å². The van der Waals surface area contributed by atoms with Crippen LogP contribution in [0, 0.1) is 29.6 Å². The van der Waals surface area contributed by atoms with Gasteiger partial charge in [0.25, 0.3) is 0 Å². The third kappa shape index (κ3) is 5.64. The molecule has 5 rings (SSSR count). The van der Waals surface area contributed by atoms with Crippen LogP contribution in [0.3, 0.4) is 0 Å². The Morgan fingerprint density at radius 1 is 1.23 bits per heavy atom. The van der Waals surface area contributed by atoms with Crippen molar-refractivity contribution >= 4 is 17.9 Å². The molecule has 43 heavy (non-hydrogen) atoms. The lowest BCUT2D eigenvalue weighted by Crippen LogP contribution is -2.57. The summed E-state index contributed by atoms with van der Waals surface area (Å²) in [6.45, 7) is 9.58. The summed E-state index contributed by atoms with van der Waals surface area (Å²) < 4.78 is 30.5. The van der Waals surface area contributed by atoms with Gasteiger partial charge in [-0.1, -0.05) is 63.6 Å². The number of allylic oxidation sites excluding steroid dienone is 3. The average Bonchev–Trinajstić information content (AvgIpc) is 3.58. The van der Waals surface area contributed by atoms with Gasteiger partial charge in [0.2, 0.25) is 0 Å². The van der Waals surface area contributed by atoms with Crippen molar-refractivity contribution in [2.45, 2.75) is 109 Å². The third-order valence-electron chi connectivity index (χ3n) is 10.2. The molecule has 236 valence electrons. The van der Waals surface area contributed by atoms with E-state index in [1.54, 1.807) is 13.0 Å². The van der Waals surface area contributed by atoms with Crippen molar-refractivity contribution in [2.24, 2.45) is 29.6 Å². The predicted molar refractivity (Wildman–Crippen MR) is 157 cm³/mol.